The third-order valence-electron chi connectivity index (χ3n) is 6.74. The zero-order valence-corrected chi connectivity index (χ0v) is 12.1. The molecule has 0 aliphatic heterocycles. The Morgan fingerprint density at radius 1 is 0.889 bits per heavy atom. The fourth-order valence-corrected chi connectivity index (χ4v) is 5.65. The summed E-state index contributed by atoms with van der Waals surface area (Å²) in [5.41, 5.74) is 0.606. The first-order chi connectivity index (χ1) is 8.64. The minimum Gasteiger partial charge on any atom is -0.311 e. The Morgan fingerprint density at radius 2 is 1.61 bits per heavy atom. The van der Waals surface area contributed by atoms with Crippen molar-refractivity contribution in [1.82, 2.24) is 5.32 Å². The van der Waals surface area contributed by atoms with Gasteiger partial charge in [-0.1, -0.05) is 20.3 Å². The lowest BCUT2D eigenvalue weighted by Gasteiger charge is -2.22. The molecule has 0 amide bonds. The van der Waals surface area contributed by atoms with Crippen molar-refractivity contribution < 1.29 is 0 Å². The van der Waals surface area contributed by atoms with E-state index in [-0.39, 0.29) is 0 Å². The van der Waals surface area contributed by atoms with Crippen LogP contribution < -0.4 is 5.32 Å². The van der Waals surface area contributed by atoms with Crippen LogP contribution in [-0.4, -0.2) is 12.1 Å². The molecule has 5 atom stereocenters. The van der Waals surface area contributed by atoms with Gasteiger partial charge in [0.25, 0.3) is 0 Å². The maximum absolute atomic E-state index is 4.07. The standard InChI is InChI=1S/C17H29N/c1-17(2)8-3-4-13(7-9-17)18-16-14-11-5-6-12(10-11)15(14)16/h11-16,18H,3-10H2,1-2H3. The van der Waals surface area contributed by atoms with Gasteiger partial charge in [-0.25, -0.2) is 0 Å². The second kappa shape index (κ2) is 3.98. The van der Waals surface area contributed by atoms with Gasteiger partial charge in [0, 0.05) is 12.1 Å². The molecule has 4 aliphatic carbocycles. The van der Waals surface area contributed by atoms with Crippen LogP contribution in [0.15, 0.2) is 0 Å². The van der Waals surface area contributed by atoms with E-state index in [9.17, 15) is 0 Å². The molecule has 1 heteroatoms. The van der Waals surface area contributed by atoms with Crippen molar-refractivity contribution >= 4 is 0 Å². The SMILES string of the molecule is CC1(C)CCCC(NC2C3C4CCC(C4)C23)CC1. The highest BCUT2D eigenvalue weighted by molar-refractivity contribution is 5.17. The molecule has 0 aromatic heterocycles. The summed E-state index contributed by atoms with van der Waals surface area (Å²) >= 11 is 0. The minimum atomic E-state index is 0.606. The molecule has 2 bridgehead atoms. The van der Waals surface area contributed by atoms with Gasteiger partial charge in [0.1, 0.15) is 0 Å². The van der Waals surface area contributed by atoms with Gasteiger partial charge in [0.2, 0.25) is 0 Å². The van der Waals surface area contributed by atoms with E-state index in [2.05, 4.69) is 19.2 Å². The lowest BCUT2D eigenvalue weighted by molar-refractivity contribution is 0.307. The van der Waals surface area contributed by atoms with Gasteiger partial charge in [-0.3, -0.25) is 0 Å². The molecule has 4 rings (SSSR count). The Hall–Kier alpha value is -0.0400. The minimum absolute atomic E-state index is 0.606. The van der Waals surface area contributed by atoms with Gasteiger partial charge in [-0.2, -0.15) is 0 Å². The van der Waals surface area contributed by atoms with Crippen LogP contribution >= 0.6 is 0 Å². The molecule has 0 aromatic rings. The summed E-state index contributed by atoms with van der Waals surface area (Å²) in [4.78, 5) is 0. The number of nitrogens with one attached hydrogen (secondary N) is 1. The van der Waals surface area contributed by atoms with E-state index in [1.165, 1.54) is 32.1 Å². The average molecular weight is 247 g/mol. The van der Waals surface area contributed by atoms with E-state index in [0.717, 1.165) is 35.8 Å². The molecular weight excluding hydrogens is 218 g/mol. The monoisotopic (exact) mass is 247 g/mol. The second-order valence-electron chi connectivity index (χ2n) is 8.47. The number of hydrogen-bond donors (Lipinski definition) is 1. The van der Waals surface area contributed by atoms with Gasteiger partial charge in [-0.15, -0.1) is 0 Å². The van der Waals surface area contributed by atoms with Crippen molar-refractivity contribution in [2.45, 2.75) is 77.3 Å². The molecule has 1 N–H and O–H groups in total. The smallest absolute Gasteiger partial charge is 0.0138 e. The van der Waals surface area contributed by atoms with Crippen molar-refractivity contribution in [3.8, 4) is 0 Å². The Kier molecular flexibility index (Phi) is 2.60. The maximum Gasteiger partial charge on any atom is 0.0138 e. The van der Waals surface area contributed by atoms with Gasteiger partial charge in [-0.05, 0) is 74.0 Å². The van der Waals surface area contributed by atoms with Crippen LogP contribution in [0.5, 0.6) is 0 Å². The summed E-state index contributed by atoms with van der Waals surface area (Å²) in [6, 6.07) is 1.80. The van der Waals surface area contributed by atoms with E-state index in [4.69, 9.17) is 0 Å². The molecule has 5 unspecified atom stereocenters. The summed E-state index contributed by atoms with van der Waals surface area (Å²) in [6.07, 6.45) is 11.9. The third kappa shape index (κ3) is 1.85. The first-order valence-electron chi connectivity index (χ1n) is 8.40. The van der Waals surface area contributed by atoms with Crippen molar-refractivity contribution in [2.24, 2.45) is 29.1 Å². The summed E-state index contributed by atoms with van der Waals surface area (Å²) in [5, 5.41) is 4.07. The zero-order valence-electron chi connectivity index (χ0n) is 12.1. The average Bonchev–Trinajstić information content (AvgIpc) is 2.77. The number of hydrogen-bond acceptors (Lipinski definition) is 1. The van der Waals surface area contributed by atoms with E-state index in [0.29, 0.717) is 5.41 Å². The molecule has 102 valence electrons. The third-order valence-corrected chi connectivity index (χ3v) is 6.74. The van der Waals surface area contributed by atoms with Crippen LogP contribution in [0.4, 0.5) is 0 Å². The Labute approximate surface area is 112 Å². The molecule has 0 saturated heterocycles. The van der Waals surface area contributed by atoms with E-state index >= 15 is 0 Å². The molecule has 4 aliphatic rings. The Bertz CT molecular complexity index is 319. The maximum atomic E-state index is 4.07. The number of fused-ring (bicyclic) bond motifs is 5. The van der Waals surface area contributed by atoms with Crippen molar-refractivity contribution in [3.05, 3.63) is 0 Å². The Morgan fingerprint density at radius 3 is 2.33 bits per heavy atom. The fraction of sp³-hybridized carbons (Fsp3) is 1.00. The molecule has 1 nitrogen and oxygen atoms in total. The zero-order chi connectivity index (χ0) is 12.3. The first kappa shape index (κ1) is 11.8. The molecule has 0 heterocycles. The molecule has 18 heavy (non-hydrogen) atoms. The van der Waals surface area contributed by atoms with Crippen LogP contribution in [0, 0.1) is 29.1 Å². The topological polar surface area (TPSA) is 12.0 Å². The largest absolute Gasteiger partial charge is 0.311 e. The number of rotatable bonds is 2. The molecule has 0 aromatic carbocycles. The highest BCUT2D eigenvalue weighted by Crippen LogP contribution is 2.65. The van der Waals surface area contributed by atoms with Crippen LogP contribution in [0.25, 0.3) is 0 Å². The van der Waals surface area contributed by atoms with Gasteiger partial charge in [0.15, 0.2) is 0 Å². The van der Waals surface area contributed by atoms with E-state index in [1.54, 1.807) is 19.3 Å². The van der Waals surface area contributed by atoms with Crippen molar-refractivity contribution in [1.29, 1.82) is 0 Å². The van der Waals surface area contributed by atoms with Gasteiger partial charge < -0.3 is 5.32 Å². The Balaban J connectivity index is 1.34. The van der Waals surface area contributed by atoms with Gasteiger partial charge in [0.05, 0.1) is 0 Å². The van der Waals surface area contributed by atoms with Crippen molar-refractivity contribution in [2.75, 3.05) is 0 Å². The van der Waals surface area contributed by atoms with Crippen LogP contribution in [0.2, 0.25) is 0 Å². The summed E-state index contributed by atoms with van der Waals surface area (Å²) < 4.78 is 0. The molecule has 4 saturated carbocycles. The molecule has 4 fully saturated rings. The van der Waals surface area contributed by atoms with Gasteiger partial charge >= 0.3 is 0 Å². The second-order valence-corrected chi connectivity index (χ2v) is 8.47. The van der Waals surface area contributed by atoms with Crippen LogP contribution in [0.3, 0.4) is 0 Å². The lowest BCUT2D eigenvalue weighted by Crippen LogP contribution is -2.34. The van der Waals surface area contributed by atoms with Crippen LogP contribution in [0.1, 0.15) is 65.2 Å². The first-order valence-corrected chi connectivity index (χ1v) is 8.40. The van der Waals surface area contributed by atoms with Crippen LogP contribution in [-0.2, 0) is 0 Å². The highest BCUT2D eigenvalue weighted by Gasteiger charge is 2.64. The highest BCUT2D eigenvalue weighted by atomic mass is 15.0. The molecular formula is C17H29N. The predicted octanol–water partition coefficient (Wildman–Crippen LogP) is 3.98. The van der Waals surface area contributed by atoms with E-state index < -0.39 is 0 Å². The predicted molar refractivity (Wildman–Crippen MR) is 75.4 cm³/mol. The molecule has 0 radical (unpaired) electrons. The summed E-state index contributed by atoms with van der Waals surface area (Å²) in [5.74, 6) is 4.47. The normalized spacial score (nSPS) is 53.0. The summed E-state index contributed by atoms with van der Waals surface area (Å²) in [7, 11) is 0. The quantitative estimate of drug-likeness (QED) is 0.728. The fourth-order valence-electron chi connectivity index (χ4n) is 5.65. The summed E-state index contributed by atoms with van der Waals surface area (Å²) in [6.45, 7) is 4.92. The lowest BCUT2D eigenvalue weighted by atomic mass is 9.85. The van der Waals surface area contributed by atoms with E-state index in [1.807, 2.05) is 0 Å². The molecule has 0 spiro atoms. The van der Waals surface area contributed by atoms with Crippen molar-refractivity contribution in [3.63, 3.8) is 0 Å².